The van der Waals surface area contributed by atoms with Crippen LogP contribution in [-0.4, -0.2) is 61.5 Å². The summed E-state index contributed by atoms with van der Waals surface area (Å²) in [5.41, 5.74) is 5.17. The van der Waals surface area contributed by atoms with Crippen LogP contribution in [0.4, 0.5) is 4.79 Å². The summed E-state index contributed by atoms with van der Waals surface area (Å²) in [5, 5.41) is 3.07. The van der Waals surface area contributed by atoms with E-state index >= 15 is 0 Å². The van der Waals surface area contributed by atoms with Crippen molar-refractivity contribution in [3.8, 4) is 0 Å². The van der Waals surface area contributed by atoms with Gasteiger partial charge in [0, 0.05) is 12.6 Å². The number of ether oxygens (including phenoxy) is 2. The molecule has 1 heterocycles. The van der Waals surface area contributed by atoms with Crippen molar-refractivity contribution in [1.82, 2.24) is 10.2 Å². The standard InChI is InChI=1S/C17H35N3O3/c1-5-6-8-14(19-16(21)23-17(2,3)4)15-13-22-12-11-20(15)10-7-9-18/h14-15H,5-13,18H2,1-4H3,(H,19,21). The molecule has 23 heavy (non-hydrogen) atoms. The minimum atomic E-state index is -0.484. The molecule has 2 unspecified atom stereocenters. The number of morpholine rings is 1. The summed E-state index contributed by atoms with van der Waals surface area (Å²) in [4.78, 5) is 14.6. The lowest BCUT2D eigenvalue weighted by Gasteiger charge is -2.40. The molecule has 0 saturated carbocycles. The molecule has 136 valence electrons. The smallest absolute Gasteiger partial charge is 0.407 e. The Labute approximate surface area is 141 Å². The van der Waals surface area contributed by atoms with Crippen LogP contribution in [0, 0.1) is 0 Å². The summed E-state index contributed by atoms with van der Waals surface area (Å²) in [7, 11) is 0. The number of nitrogens with one attached hydrogen (secondary N) is 1. The predicted octanol–water partition coefficient (Wildman–Crippen LogP) is 2.12. The number of alkyl carbamates (subject to hydrolysis) is 1. The number of nitrogens with two attached hydrogens (primary N) is 1. The lowest BCUT2D eigenvalue weighted by Crippen LogP contribution is -2.57. The van der Waals surface area contributed by atoms with E-state index in [-0.39, 0.29) is 18.2 Å². The van der Waals surface area contributed by atoms with E-state index in [1.165, 1.54) is 0 Å². The molecule has 1 aliphatic rings. The molecule has 2 atom stereocenters. The fourth-order valence-electron chi connectivity index (χ4n) is 2.84. The average molecular weight is 329 g/mol. The van der Waals surface area contributed by atoms with Crippen LogP contribution in [-0.2, 0) is 9.47 Å². The molecular weight excluding hydrogens is 294 g/mol. The summed E-state index contributed by atoms with van der Waals surface area (Å²) in [6.07, 6.45) is 3.72. The van der Waals surface area contributed by atoms with E-state index in [4.69, 9.17) is 15.2 Å². The van der Waals surface area contributed by atoms with Gasteiger partial charge in [0.2, 0.25) is 0 Å². The number of carbonyl (C=O) groups is 1. The Balaban J connectivity index is 2.70. The second-order valence-corrected chi connectivity index (χ2v) is 7.22. The van der Waals surface area contributed by atoms with Crippen molar-refractivity contribution in [2.75, 3.05) is 32.8 Å². The first-order valence-corrected chi connectivity index (χ1v) is 8.88. The van der Waals surface area contributed by atoms with Crippen LogP contribution in [0.2, 0.25) is 0 Å². The van der Waals surface area contributed by atoms with E-state index in [1.807, 2.05) is 20.8 Å². The van der Waals surface area contributed by atoms with Gasteiger partial charge in [0.1, 0.15) is 5.60 Å². The van der Waals surface area contributed by atoms with E-state index in [1.54, 1.807) is 0 Å². The highest BCUT2D eigenvalue weighted by Crippen LogP contribution is 2.17. The quantitative estimate of drug-likeness (QED) is 0.713. The minimum Gasteiger partial charge on any atom is -0.444 e. The molecule has 1 saturated heterocycles. The van der Waals surface area contributed by atoms with Gasteiger partial charge >= 0.3 is 6.09 Å². The molecule has 0 aromatic carbocycles. The number of hydrogen-bond acceptors (Lipinski definition) is 5. The topological polar surface area (TPSA) is 76.8 Å². The van der Waals surface area contributed by atoms with E-state index in [2.05, 4.69) is 17.1 Å². The zero-order valence-corrected chi connectivity index (χ0v) is 15.3. The fraction of sp³-hybridized carbons (Fsp3) is 0.941. The molecule has 1 fully saturated rings. The first-order chi connectivity index (χ1) is 10.9. The number of hydrogen-bond donors (Lipinski definition) is 2. The molecule has 0 radical (unpaired) electrons. The van der Waals surface area contributed by atoms with Crippen LogP contribution in [0.3, 0.4) is 0 Å². The molecule has 6 heteroatoms. The Kier molecular flexibility index (Phi) is 8.87. The molecule has 1 amide bonds. The Morgan fingerprint density at radius 3 is 2.78 bits per heavy atom. The van der Waals surface area contributed by atoms with E-state index in [0.29, 0.717) is 13.2 Å². The zero-order chi connectivity index (χ0) is 17.3. The highest BCUT2D eigenvalue weighted by atomic mass is 16.6. The second-order valence-electron chi connectivity index (χ2n) is 7.22. The van der Waals surface area contributed by atoms with E-state index in [0.717, 1.165) is 45.4 Å². The van der Waals surface area contributed by atoms with Gasteiger partial charge in [-0.2, -0.15) is 0 Å². The van der Waals surface area contributed by atoms with Crippen molar-refractivity contribution in [2.45, 2.75) is 71.1 Å². The third-order valence-corrected chi connectivity index (χ3v) is 3.97. The lowest BCUT2D eigenvalue weighted by molar-refractivity contribution is -0.0250. The first kappa shape index (κ1) is 20.2. The number of rotatable bonds is 8. The molecule has 0 bridgehead atoms. The molecule has 1 rings (SSSR count). The van der Waals surface area contributed by atoms with Gasteiger partial charge in [0.25, 0.3) is 0 Å². The van der Waals surface area contributed by atoms with E-state index < -0.39 is 5.60 Å². The maximum absolute atomic E-state index is 12.2. The molecule has 0 aliphatic carbocycles. The van der Waals surface area contributed by atoms with E-state index in [9.17, 15) is 4.79 Å². The minimum absolute atomic E-state index is 0.0443. The molecule has 6 nitrogen and oxygen atoms in total. The average Bonchev–Trinajstić information content (AvgIpc) is 2.48. The van der Waals surface area contributed by atoms with Gasteiger partial charge < -0.3 is 20.5 Å². The lowest BCUT2D eigenvalue weighted by atomic mass is 9.99. The van der Waals surface area contributed by atoms with Crippen molar-refractivity contribution in [2.24, 2.45) is 5.73 Å². The van der Waals surface area contributed by atoms with Crippen LogP contribution in [0.15, 0.2) is 0 Å². The van der Waals surface area contributed by atoms with Gasteiger partial charge in [0.15, 0.2) is 0 Å². The molecule has 3 N–H and O–H groups in total. The fourth-order valence-corrected chi connectivity index (χ4v) is 2.84. The molecule has 0 spiro atoms. The van der Waals surface area contributed by atoms with Crippen LogP contribution in [0.5, 0.6) is 0 Å². The Morgan fingerprint density at radius 2 is 2.17 bits per heavy atom. The summed E-state index contributed by atoms with van der Waals surface area (Å²) in [6.45, 7) is 11.7. The highest BCUT2D eigenvalue weighted by Gasteiger charge is 2.32. The second kappa shape index (κ2) is 10.1. The zero-order valence-electron chi connectivity index (χ0n) is 15.3. The third-order valence-electron chi connectivity index (χ3n) is 3.97. The monoisotopic (exact) mass is 329 g/mol. The Hall–Kier alpha value is -0.850. The number of unbranched alkanes of at least 4 members (excludes halogenated alkanes) is 1. The van der Waals surface area contributed by atoms with Crippen LogP contribution in [0.1, 0.15) is 53.4 Å². The summed E-state index contributed by atoms with van der Waals surface area (Å²) in [5.74, 6) is 0. The Bertz CT molecular complexity index is 344. The summed E-state index contributed by atoms with van der Waals surface area (Å²) in [6, 6.07) is 0.234. The van der Waals surface area contributed by atoms with Crippen molar-refractivity contribution in [1.29, 1.82) is 0 Å². The van der Waals surface area contributed by atoms with Crippen molar-refractivity contribution in [3.05, 3.63) is 0 Å². The van der Waals surface area contributed by atoms with Gasteiger partial charge in [-0.3, -0.25) is 4.90 Å². The SMILES string of the molecule is CCCCC(NC(=O)OC(C)(C)C)C1COCCN1CCCN. The normalized spacial score (nSPS) is 21.0. The number of amides is 1. The maximum Gasteiger partial charge on any atom is 0.407 e. The van der Waals surface area contributed by atoms with Gasteiger partial charge in [0.05, 0.1) is 19.3 Å². The number of carbonyl (C=O) groups excluding carboxylic acids is 1. The van der Waals surface area contributed by atoms with Gasteiger partial charge in [-0.25, -0.2) is 4.79 Å². The van der Waals surface area contributed by atoms with Crippen LogP contribution >= 0.6 is 0 Å². The van der Waals surface area contributed by atoms with Gasteiger partial charge in [-0.15, -0.1) is 0 Å². The number of nitrogens with zero attached hydrogens (tertiary/aromatic N) is 1. The molecule has 1 aliphatic heterocycles. The third kappa shape index (κ3) is 7.99. The maximum atomic E-state index is 12.2. The first-order valence-electron chi connectivity index (χ1n) is 8.88. The van der Waals surface area contributed by atoms with Crippen molar-refractivity contribution >= 4 is 6.09 Å². The summed E-state index contributed by atoms with van der Waals surface area (Å²) < 4.78 is 11.1. The van der Waals surface area contributed by atoms with Gasteiger partial charge in [-0.05, 0) is 46.7 Å². The predicted molar refractivity (Wildman–Crippen MR) is 92.5 cm³/mol. The highest BCUT2D eigenvalue weighted by molar-refractivity contribution is 5.68. The van der Waals surface area contributed by atoms with Crippen LogP contribution < -0.4 is 11.1 Å². The molecular formula is C17H35N3O3. The summed E-state index contributed by atoms with van der Waals surface area (Å²) >= 11 is 0. The van der Waals surface area contributed by atoms with Gasteiger partial charge in [-0.1, -0.05) is 19.8 Å². The molecule has 0 aromatic rings. The van der Waals surface area contributed by atoms with Crippen molar-refractivity contribution < 1.29 is 14.3 Å². The Morgan fingerprint density at radius 1 is 1.43 bits per heavy atom. The van der Waals surface area contributed by atoms with Crippen LogP contribution in [0.25, 0.3) is 0 Å². The largest absolute Gasteiger partial charge is 0.444 e. The van der Waals surface area contributed by atoms with Crippen molar-refractivity contribution in [3.63, 3.8) is 0 Å². The molecule has 0 aromatic heterocycles.